The van der Waals surface area contributed by atoms with Crippen LogP contribution < -0.4 is 15.1 Å². The van der Waals surface area contributed by atoms with E-state index in [0.717, 1.165) is 40.1 Å². The third-order valence-corrected chi connectivity index (χ3v) is 6.06. The standard InChI is InChI=1S/C27H25NO4/c1-18(19-6-4-3-5-7-19)15-28-16-24-25(31-17-28)13-12-22-23(14-26(29)32-27(22)24)20-8-10-21(30-2)11-9-20/h3-14,18H,15-17H2,1-2H3/t18-/m0/s1. The normalized spacial score (nSPS) is 14.6. The van der Waals surface area contributed by atoms with Crippen LogP contribution in [0.2, 0.25) is 0 Å². The molecule has 4 aromatic rings. The summed E-state index contributed by atoms with van der Waals surface area (Å²) in [6.45, 7) is 4.25. The van der Waals surface area contributed by atoms with Gasteiger partial charge in [-0.15, -0.1) is 0 Å². The second-order valence-corrected chi connectivity index (χ2v) is 8.22. The summed E-state index contributed by atoms with van der Waals surface area (Å²) in [5.41, 5.74) is 4.22. The van der Waals surface area contributed by atoms with Crippen molar-refractivity contribution in [1.82, 2.24) is 4.90 Å². The molecule has 1 aromatic heterocycles. The van der Waals surface area contributed by atoms with E-state index in [0.29, 0.717) is 24.8 Å². The van der Waals surface area contributed by atoms with Gasteiger partial charge in [0, 0.05) is 24.5 Å². The largest absolute Gasteiger partial charge is 0.497 e. The van der Waals surface area contributed by atoms with Gasteiger partial charge >= 0.3 is 5.63 Å². The molecule has 0 radical (unpaired) electrons. The molecule has 162 valence electrons. The minimum Gasteiger partial charge on any atom is -0.497 e. The Balaban J connectivity index is 1.51. The Morgan fingerprint density at radius 1 is 1.03 bits per heavy atom. The number of benzene rings is 3. The number of ether oxygens (including phenoxy) is 2. The summed E-state index contributed by atoms with van der Waals surface area (Å²) in [5, 5.41) is 0.898. The van der Waals surface area contributed by atoms with Crippen LogP contribution in [-0.4, -0.2) is 25.3 Å². The van der Waals surface area contributed by atoms with E-state index < -0.39 is 0 Å². The van der Waals surface area contributed by atoms with Crippen molar-refractivity contribution in [3.8, 4) is 22.6 Å². The highest BCUT2D eigenvalue weighted by Crippen LogP contribution is 2.36. The van der Waals surface area contributed by atoms with Gasteiger partial charge in [0.15, 0.2) is 0 Å². The highest BCUT2D eigenvalue weighted by Gasteiger charge is 2.24. The van der Waals surface area contributed by atoms with Gasteiger partial charge in [-0.1, -0.05) is 49.4 Å². The molecule has 0 saturated heterocycles. The fraction of sp³-hybridized carbons (Fsp3) is 0.222. The molecule has 32 heavy (non-hydrogen) atoms. The zero-order valence-electron chi connectivity index (χ0n) is 18.2. The maximum absolute atomic E-state index is 12.5. The number of fused-ring (bicyclic) bond motifs is 3. The monoisotopic (exact) mass is 427 g/mol. The lowest BCUT2D eigenvalue weighted by Gasteiger charge is -2.31. The average molecular weight is 428 g/mol. The lowest BCUT2D eigenvalue weighted by atomic mass is 9.98. The number of methoxy groups -OCH3 is 1. The molecule has 0 N–H and O–H groups in total. The van der Waals surface area contributed by atoms with E-state index >= 15 is 0 Å². The molecule has 5 nitrogen and oxygen atoms in total. The highest BCUT2D eigenvalue weighted by atomic mass is 16.5. The fourth-order valence-corrected chi connectivity index (χ4v) is 4.38. The van der Waals surface area contributed by atoms with E-state index in [1.165, 1.54) is 5.56 Å². The topological polar surface area (TPSA) is 51.9 Å². The second kappa shape index (κ2) is 8.52. The van der Waals surface area contributed by atoms with Crippen molar-refractivity contribution in [3.63, 3.8) is 0 Å². The van der Waals surface area contributed by atoms with Crippen molar-refractivity contribution < 1.29 is 13.9 Å². The minimum absolute atomic E-state index is 0.359. The van der Waals surface area contributed by atoms with Crippen molar-refractivity contribution in [2.24, 2.45) is 0 Å². The molecule has 1 atom stereocenters. The van der Waals surface area contributed by atoms with Crippen LogP contribution in [0, 0.1) is 0 Å². The lowest BCUT2D eigenvalue weighted by Crippen LogP contribution is -2.34. The molecular formula is C27H25NO4. The molecule has 0 unspecified atom stereocenters. The summed E-state index contributed by atoms with van der Waals surface area (Å²) in [5.74, 6) is 1.91. The predicted octanol–water partition coefficient (Wildman–Crippen LogP) is 5.42. The average Bonchev–Trinajstić information content (AvgIpc) is 2.84. The van der Waals surface area contributed by atoms with Gasteiger partial charge in [0.05, 0.1) is 12.7 Å². The van der Waals surface area contributed by atoms with Crippen LogP contribution in [0.15, 0.2) is 82.0 Å². The molecule has 5 rings (SSSR count). The van der Waals surface area contributed by atoms with Crippen LogP contribution >= 0.6 is 0 Å². The van der Waals surface area contributed by atoms with E-state index in [-0.39, 0.29) is 5.63 Å². The Morgan fingerprint density at radius 2 is 1.81 bits per heavy atom. The fourth-order valence-electron chi connectivity index (χ4n) is 4.38. The molecule has 1 aliphatic rings. The Hall–Kier alpha value is -3.57. The number of nitrogens with zero attached hydrogens (tertiary/aromatic N) is 1. The van der Waals surface area contributed by atoms with E-state index in [9.17, 15) is 4.79 Å². The SMILES string of the molecule is COc1ccc(-c2cc(=O)oc3c4c(ccc23)OCN(C[C@H](C)c2ccccc2)C4)cc1. The van der Waals surface area contributed by atoms with Gasteiger partial charge in [-0.25, -0.2) is 4.79 Å². The van der Waals surface area contributed by atoms with Crippen molar-refractivity contribution >= 4 is 11.0 Å². The molecule has 1 aliphatic heterocycles. The molecule has 5 heteroatoms. The van der Waals surface area contributed by atoms with E-state index in [2.05, 4.69) is 36.1 Å². The van der Waals surface area contributed by atoms with Crippen LogP contribution in [0.1, 0.15) is 24.0 Å². The molecule has 0 saturated carbocycles. The first-order valence-corrected chi connectivity index (χ1v) is 10.8. The summed E-state index contributed by atoms with van der Waals surface area (Å²) in [6.07, 6.45) is 0. The molecule has 0 fully saturated rings. The summed E-state index contributed by atoms with van der Waals surface area (Å²) in [6, 6.07) is 23.7. The van der Waals surface area contributed by atoms with Gasteiger partial charge in [0.25, 0.3) is 0 Å². The van der Waals surface area contributed by atoms with Gasteiger partial charge < -0.3 is 13.9 Å². The van der Waals surface area contributed by atoms with E-state index in [1.54, 1.807) is 13.2 Å². The first-order chi connectivity index (χ1) is 15.6. The Morgan fingerprint density at radius 3 is 2.56 bits per heavy atom. The highest BCUT2D eigenvalue weighted by molar-refractivity contribution is 5.95. The van der Waals surface area contributed by atoms with E-state index in [1.807, 2.05) is 42.5 Å². The smallest absolute Gasteiger partial charge is 0.336 e. The van der Waals surface area contributed by atoms with Gasteiger partial charge in [-0.3, -0.25) is 4.90 Å². The number of hydrogen-bond donors (Lipinski definition) is 0. The van der Waals surface area contributed by atoms with Crippen molar-refractivity contribution in [2.75, 3.05) is 20.4 Å². The quantitative estimate of drug-likeness (QED) is 0.398. The molecular weight excluding hydrogens is 402 g/mol. The van der Waals surface area contributed by atoms with Crippen molar-refractivity contribution in [1.29, 1.82) is 0 Å². The van der Waals surface area contributed by atoms with Crippen LogP contribution in [0.25, 0.3) is 22.1 Å². The van der Waals surface area contributed by atoms with E-state index in [4.69, 9.17) is 13.9 Å². The molecule has 0 spiro atoms. The van der Waals surface area contributed by atoms with Gasteiger partial charge in [0.2, 0.25) is 0 Å². The Bertz CT molecular complexity index is 1300. The van der Waals surface area contributed by atoms with Crippen LogP contribution in [-0.2, 0) is 6.54 Å². The maximum Gasteiger partial charge on any atom is 0.336 e. The van der Waals surface area contributed by atoms with Gasteiger partial charge in [-0.05, 0) is 46.9 Å². The first kappa shape index (κ1) is 20.3. The second-order valence-electron chi connectivity index (χ2n) is 8.22. The van der Waals surface area contributed by atoms with Crippen LogP contribution in [0.5, 0.6) is 11.5 Å². The molecule has 3 aromatic carbocycles. The lowest BCUT2D eigenvalue weighted by molar-refractivity contribution is 0.0909. The van der Waals surface area contributed by atoms with Crippen molar-refractivity contribution in [3.05, 3.63) is 94.3 Å². The first-order valence-electron chi connectivity index (χ1n) is 10.8. The van der Waals surface area contributed by atoms with Crippen molar-refractivity contribution in [2.45, 2.75) is 19.4 Å². The molecule has 0 amide bonds. The maximum atomic E-state index is 12.5. The molecule has 2 heterocycles. The summed E-state index contributed by atoms with van der Waals surface area (Å²) in [7, 11) is 1.64. The number of hydrogen-bond acceptors (Lipinski definition) is 5. The molecule has 0 bridgehead atoms. The molecule has 0 aliphatic carbocycles. The minimum atomic E-state index is -0.369. The Labute approximate surface area is 186 Å². The van der Waals surface area contributed by atoms with Gasteiger partial charge in [-0.2, -0.15) is 0 Å². The third-order valence-electron chi connectivity index (χ3n) is 6.06. The zero-order valence-corrected chi connectivity index (χ0v) is 18.2. The predicted molar refractivity (Wildman–Crippen MR) is 125 cm³/mol. The van der Waals surface area contributed by atoms with Gasteiger partial charge in [0.1, 0.15) is 23.8 Å². The summed E-state index contributed by atoms with van der Waals surface area (Å²) < 4.78 is 17.0. The third kappa shape index (κ3) is 3.87. The van der Waals surface area contributed by atoms with Crippen LogP contribution in [0.3, 0.4) is 0 Å². The summed E-state index contributed by atoms with van der Waals surface area (Å²) >= 11 is 0. The Kier molecular flexibility index (Phi) is 5.41. The summed E-state index contributed by atoms with van der Waals surface area (Å²) in [4.78, 5) is 14.7. The zero-order chi connectivity index (χ0) is 22.1. The number of rotatable bonds is 5. The van der Waals surface area contributed by atoms with Crippen LogP contribution in [0.4, 0.5) is 0 Å².